The van der Waals surface area contributed by atoms with Gasteiger partial charge >= 0.3 is 0 Å². The van der Waals surface area contributed by atoms with Gasteiger partial charge < -0.3 is 11.1 Å². The highest BCUT2D eigenvalue weighted by atomic mass is 16.1. The van der Waals surface area contributed by atoms with Crippen LogP contribution in [-0.2, 0) is 11.2 Å². The summed E-state index contributed by atoms with van der Waals surface area (Å²) in [7, 11) is 0. The van der Waals surface area contributed by atoms with Crippen LogP contribution < -0.4 is 11.1 Å². The largest absolute Gasteiger partial charge is 0.352 e. The molecule has 0 heterocycles. The van der Waals surface area contributed by atoms with E-state index in [4.69, 9.17) is 5.73 Å². The smallest absolute Gasteiger partial charge is 0.224 e. The first-order chi connectivity index (χ1) is 7.11. The molecule has 1 aromatic rings. The third-order valence-electron chi connectivity index (χ3n) is 2.21. The van der Waals surface area contributed by atoms with Gasteiger partial charge in [-0.25, -0.2) is 0 Å². The molecule has 0 spiro atoms. The molecule has 3 nitrogen and oxygen atoms in total. The van der Waals surface area contributed by atoms with Crippen molar-refractivity contribution in [2.45, 2.75) is 26.3 Å². The first-order valence-corrected chi connectivity index (χ1v) is 5.17. The fourth-order valence-electron chi connectivity index (χ4n) is 1.39. The molecule has 1 aromatic carbocycles. The molecule has 82 valence electrons. The summed E-state index contributed by atoms with van der Waals surface area (Å²) in [5, 5.41) is 2.83. The van der Waals surface area contributed by atoms with Crippen molar-refractivity contribution in [3.8, 4) is 0 Å². The lowest BCUT2D eigenvalue weighted by Crippen LogP contribution is -2.38. The number of aryl methyl sites for hydroxylation is 1. The summed E-state index contributed by atoms with van der Waals surface area (Å²) in [5.74, 6) is 0.0264. The van der Waals surface area contributed by atoms with Gasteiger partial charge in [-0.1, -0.05) is 29.8 Å². The van der Waals surface area contributed by atoms with Crippen LogP contribution in [0.2, 0.25) is 0 Å². The van der Waals surface area contributed by atoms with Crippen LogP contribution >= 0.6 is 0 Å². The van der Waals surface area contributed by atoms with Crippen molar-refractivity contribution in [3.63, 3.8) is 0 Å². The third-order valence-corrected chi connectivity index (χ3v) is 2.21. The second-order valence-electron chi connectivity index (χ2n) is 3.87. The van der Waals surface area contributed by atoms with Crippen molar-refractivity contribution >= 4 is 5.91 Å². The lowest BCUT2D eigenvalue weighted by molar-refractivity contribution is -0.120. The summed E-state index contributed by atoms with van der Waals surface area (Å²) in [5.41, 5.74) is 7.64. The topological polar surface area (TPSA) is 55.1 Å². The zero-order valence-electron chi connectivity index (χ0n) is 9.29. The van der Waals surface area contributed by atoms with Crippen LogP contribution in [0, 0.1) is 6.92 Å². The van der Waals surface area contributed by atoms with E-state index in [0.29, 0.717) is 13.0 Å². The highest BCUT2D eigenvalue weighted by Crippen LogP contribution is 2.04. The molecule has 0 aliphatic carbocycles. The van der Waals surface area contributed by atoms with Crippen molar-refractivity contribution in [3.05, 3.63) is 35.4 Å². The molecular weight excluding hydrogens is 188 g/mol. The van der Waals surface area contributed by atoms with Crippen LogP contribution in [-0.4, -0.2) is 18.5 Å². The Morgan fingerprint density at radius 3 is 2.87 bits per heavy atom. The number of hydrogen-bond acceptors (Lipinski definition) is 2. The van der Waals surface area contributed by atoms with Gasteiger partial charge in [0.2, 0.25) is 5.91 Å². The number of hydrogen-bond donors (Lipinski definition) is 2. The Labute approximate surface area is 90.7 Å². The minimum absolute atomic E-state index is 0.0264. The average Bonchev–Trinajstić information content (AvgIpc) is 2.17. The molecule has 0 radical (unpaired) electrons. The molecule has 3 N–H and O–H groups in total. The minimum Gasteiger partial charge on any atom is -0.352 e. The SMILES string of the molecule is Cc1cccc(CC(=O)NC(C)CN)c1. The molecule has 0 aliphatic heterocycles. The second kappa shape index (κ2) is 5.51. The highest BCUT2D eigenvalue weighted by molar-refractivity contribution is 5.78. The van der Waals surface area contributed by atoms with E-state index in [2.05, 4.69) is 5.32 Å². The van der Waals surface area contributed by atoms with E-state index in [9.17, 15) is 4.79 Å². The van der Waals surface area contributed by atoms with Gasteiger partial charge in [-0.05, 0) is 19.4 Å². The molecule has 1 atom stereocenters. The Balaban J connectivity index is 2.51. The summed E-state index contributed by atoms with van der Waals surface area (Å²) >= 11 is 0. The molecule has 0 bridgehead atoms. The average molecular weight is 206 g/mol. The lowest BCUT2D eigenvalue weighted by Gasteiger charge is -2.11. The molecule has 3 heteroatoms. The maximum Gasteiger partial charge on any atom is 0.224 e. The Bertz CT molecular complexity index is 336. The van der Waals surface area contributed by atoms with E-state index in [1.807, 2.05) is 38.1 Å². The monoisotopic (exact) mass is 206 g/mol. The summed E-state index contributed by atoms with van der Waals surface area (Å²) in [6, 6.07) is 8.00. The summed E-state index contributed by atoms with van der Waals surface area (Å²) in [4.78, 5) is 11.5. The lowest BCUT2D eigenvalue weighted by atomic mass is 10.1. The molecule has 0 aromatic heterocycles. The predicted molar refractivity (Wildman–Crippen MR) is 61.5 cm³/mol. The van der Waals surface area contributed by atoms with Crippen molar-refractivity contribution < 1.29 is 4.79 Å². The Morgan fingerprint density at radius 1 is 1.53 bits per heavy atom. The maximum atomic E-state index is 11.5. The number of nitrogens with two attached hydrogens (primary N) is 1. The molecule has 1 unspecified atom stereocenters. The number of nitrogens with one attached hydrogen (secondary N) is 1. The summed E-state index contributed by atoms with van der Waals surface area (Å²) < 4.78 is 0. The molecular formula is C12H18N2O. The first kappa shape index (κ1) is 11.7. The maximum absolute atomic E-state index is 11.5. The molecule has 0 saturated carbocycles. The van der Waals surface area contributed by atoms with Gasteiger partial charge in [0, 0.05) is 12.6 Å². The van der Waals surface area contributed by atoms with E-state index >= 15 is 0 Å². The normalized spacial score (nSPS) is 12.2. The summed E-state index contributed by atoms with van der Waals surface area (Å²) in [6.45, 7) is 4.39. The molecule has 1 rings (SSSR count). The highest BCUT2D eigenvalue weighted by Gasteiger charge is 2.06. The van der Waals surface area contributed by atoms with Gasteiger partial charge in [0.15, 0.2) is 0 Å². The standard InChI is InChI=1S/C12H18N2O/c1-9-4-3-5-11(6-9)7-12(15)14-10(2)8-13/h3-6,10H,7-8,13H2,1-2H3,(H,14,15). The minimum atomic E-state index is 0.0264. The van der Waals surface area contributed by atoms with Crippen LogP contribution in [0.3, 0.4) is 0 Å². The van der Waals surface area contributed by atoms with E-state index in [0.717, 1.165) is 5.56 Å². The number of amides is 1. The Kier molecular flexibility index (Phi) is 4.31. The van der Waals surface area contributed by atoms with Gasteiger partial charge in [0.1, 0.15) is 0 Å². The number of carbonyl (C=O) groups is 1. The van der Waals surface area contributed by atoms with Crippen LogP contribution in [0.25, 0.3) is 0 Å². The second-order valence-corrected chi connectivity index (χ2v) is 3.87. The van der Waals surface area contributed by atoms with Gasteiger partial charge in [0.05, 0.1) is 6.42 Å². The van der Waals surface area contributed by atoms with Crippen molar-refractivity contribution in [2.24, 2.45) is 5.73 Å². The molecule has 0 aliphatic rings. The van der Waals surface area contributed by atoms with Gasteiger partial charge in [-0.3, -0.25) is 4.79 Å². The van der Waals surface area contributed by atoms with Crippen molar-refractivity contribution in [2.75, 3.05) is 6.54 Å². The molecule has 1 amide bonds. The number of benzene rings is 1. The fourth-order valence-corrected chi connectivity index (χ4v) is 1.39. The van der Waals surface area contributed by atoms with Crippen LogP contribution in [0.1, 0.15) is 18.1 Å². The van der Waals surface area contributed by atoms with Crippen molar-refractivity contribution in [1.82, 2.24) is 5.32 Å². The van der Waals surface area contributed by atoms with Crippen LogP contribution in [0.4, 0.5) is 0 Å². The summed E-state index contributed by atoms with van der Waals surface area (Å²) in [6.07, 6.45) is 0.423. The third kappa shape index (κ3) is 4.13. The van der Waals surface area contributed by atoms with E-state index < -0.39 is 0 Å². The zero-order chi connectivity index (χ0) is 11.3. The van der Waals surface area contributed by atoms with E-state index in [-0.39, 0.29) is 11.9 Å². The Morgan fingerprint density at radius 2 is 2.27 bits per heavy atom. The van der Waals surface area contributed by atoms with Crippen LogP contribution in [0.15, 0.2) is 24.3 Å². The fraction of sp³-hybridized carbons (Fsp3) is 0.417. The predicted octanol–water partition coefficient (Wildman–Crippen LogP) is 1.00. The van der Waals surface area contributed by atoms with Crippen molar-refractivity contribution in [1.29, 1.82) is 0 Å². The van der Waals surface area contributed by atoms with Gasteiger partial charge in [-0.2, -0.15) is 0 Å². The first-order valence-electron chi connectivity index (χ1n) is 5.17. The number of rotatable bonds is 4. The molecule has 0 saturated heterocycles. The van der Waals surface area contributed by atoms with Gasteiger partial charge in [-0.15, -0.1) is 0 Å². The quantitative estimate of drug-likeness (QED) is 0.772. The number of carbonyl (C=O) groups excluding carboxylic acids is 1. The van der Waals surface area contributed by atoms with E-state index in [1.54, 1.807) is 0 Å². The van der Waals surface area contributed by atoms with Crippen LogP contribution in [0.5, 0.6) is 0 Å². The van der Waals surface area contributed by atoms with E-state index in [1.165, 1.54) is 5.56 Å². The zero-order valence-corrected chi connectivity index (χ0v) is 9.29. The molecule has 15 heavy (non-hydrogen) atoms. The van der Waals surface area contributed by atoms with Gasteiger partial charge in [0.25, 0.3) is 0 Å². The Hall–Kier alpha value is -1.35. The molecule has 0 fully saturated rings.